The molecule has 0 spiro atoms. The summed E-state index contributed by atoms with van der Waals surface area (Å²) in [4.78, 5) is 0. The first-order valence-corrected chi connectivity index (χ1v) is 8.56. The molecule has 0 radical (unpaired) electrons. The highest BCUT2D eigenvalue weighted by atomic mass is 32.2. The summed E-state index contributed by atoms with van der Waals surface area (Å²) in [6, 6.07) is -0.123. The van der Waals surface area contributed by atoms with E-state index >= 15 is 0 Å². The van der Waals surface area contributed by atoms with Crippen LogP contribution in [0.4, 0.5) is 0 Å². The average Bonchev–Trinajstić information content (AvgIpc) is 2.13. The third-order valence-electron chi connectivity index (χ3n) is 2.11. The van der Waals surface area contributed by atoms with Gasteiger partial charge in [0.15, 0.2) is 0 Å². The van der Waals surface area contributed by atoms with Gasteiger partial charge in [-0.25, -0.2) is 17.9 Å². The van der Waals surface area contributed by atoms with Crippen LogP contribution in [0.3, 0.4) is 0 Å². The topological polar surface area (TPSA) is 95.6 Å². The molecule has 0 aromatic heterocycles. The number of sulfonamides is 1. The maximum absolute atomic E-state index is 11.6. The summed E-state index contributed by atoms with van der Waals surface area (Å²) in [7, 11) is -5.19. The summed E-state index contributed by atoms with van der Waals surface area (Å²) in [6.07, 6.45) is 1.46. The highest BCUT2D eigenvalue weighted by Crippen LogP contribution is 2.00. The first kappa shape index (κ1) is 16.8. The predicted octanol–water partition coefficient (Wildman–Crippen LogP) is -0.900. The maximum atomic E-state index is 11.6. The lowest BCUT2D eigenvalue weighted by Crippen LogP contribution is -2.42. The number of hydrogen-bond acceptors (Lipinski definition) is 4. The van der Waals surface area contributed by atoms with Crippen molar-refractivity contribution in [1.82, 2.24) is 13.7 Å². The van der Waals surface area contributed by atoms with Crippen molar-refractivity contribution in [3.63, 3.8) is 0 Å². The molecule has 0 saturated heterocycles. The molecule has 0 heterocycles. The van der Waals surface area contributed by atoms with Gasteiger partial charge in [0, 0.05) is 26.2 Å². The van der Waals surface area contributed by atoms with Crippen molar-refractivity contribution >= 4 is 20.2 Å². The third-order valence-corrected chi connectivity index (χ3v) is 4.59. The van der Waals surface area contributed by atoms with E-state index in [9.17, 15) is 16.8 Å². The van der Waals surface area contributed by atoms with Gasteiger partial charge in [0.2, 0.25) is 10.0 Å². The SMILES string of the molecule is CC(C)N(C)S(=O)(=O)NCCCNS(C)(=O)=O. The van der Waals surface area contributed by atoms with Crippen molar-refractivity contribution in [2.75, 3.05) is 26.4 Å². The van der Waals surface area contributed by atoms with Gasteiger partial charge in [-0.05, 0) is 20.3 Å². The molecule has 9 heteroatoms. The fraction of sp³-hybridized carbons (Fsp3) is 1.00. The molecule has 0 amide bonds. The van der Waals surface area contributed by atoms with Crippen LogP contribution in [0.2, 0.25) is 0 Å². The van der Waals surface area contributed by atoms with Gasteiger partial charge in [0.25, 0.3) is 10.2 Å². The highest BCUT2D eigenvalue weighted by Gasteiger charge is 2.19. The largest absolute Gasteiger partial charge is 0.279 e. The first-order chi connectivity index (χ1) is 7.56. The summed E-state index contributed by atoms with van der Waals surface area (Å²) >= 11 is 0. The summed E-state index contributed by atoms with van der Waals surface area (Å²) < 4.78 is 50.6. The first-order valence-electron chi connectivity index (χ1n) is 5.23. The lowest BCUT2D eigenvalue weighted by molar-refractivity contribution is 0.402. The van der Waals surface area contributed by atoms with Gasteiger partial charge in [0.05, 0.1) is 6.26 Å². The summed E-state index contributed by atoms with van der Waals surface area (Å²) in [6.45, 7) is 3.95. The average molecular weight is 287 g/mol. The highest BCUT2D eigenvalue weighted by molar-refractivity contribution is 7.88. The van der Waals surface area contributed by atoms with Gasteiger partial charge in [-0.15, -0.1) is 0 Å². The van der Waals surface area contributed by atoms with Crippen LogP contribution in [-0.4, -0.2) is 53.6 Å². The second-order valence-electron chi connectivity index (χ2n) is 4.03. The van der Waals surface area contributed by atoms with Gasteiger partial charge in [-0.2, -0.15) is 12.7 Å². The van der Waals surface area contributed by atoms with E-state index in [2.05, 4.69) is 9.44 Å². The van der Waals surface area contributed by atoms with Crippen LogP contribution < -0.4 is 9.44 Å². The van der Waals surface area contributed by atoms with Crippen molar-refractivity contribution in [2.24, 2.45) is 0 Å². The predicted molar refractivity (Wildman–Crippen MR) is 67.3 cm³/mol. The fourth-order valence-corrected chi connectivity index (χ4v) is 2.60. The molecule has 17 heavy (non-hydrogen) atoms. The molecule has 0 fully saturated rings. The molecule has 7 nitrogen and oxygen atoms in total. The van der Waals surface area contributed by atoms with Crippen molar-refractivity contribution in [2.45, 2.75) is 26.3 Å². The smallest absolute Gasteiger partial charge is 0.215 e. The van der Waals surface area contributed by atoms with Crippen LogP contribution >= 0.6 is 0 Å². The second kappa shape index (κ2) is 6.64. The van der Waals surface area contributed by atoms with Crippen molar-refractivity contribution in [3.8, 4) is 0 Å². The maximum Gasteiger partial charge on any atom is 0.279 e. The molecular formula is C8H21N3O4S2. The van der Waals surface area contributed by atoms with E-state index in [1.54, 1.807) is 13.8 Å². The van der Waals surface area contributed by atoms with E-state index in [0.29, 0.717) is 6.42 Å². The quantitative estimate of drug-likeness (QED) is 0.566. The van der Waals surface area contributed by atoms with Crippen LogP contribution in [0, 0.1) is 0 Å². The molecule has 0 atom stereocenters. The van der Waals surface area contributed by atoms with E-state index in [1.807, 2.05) is 0 Å². The molecule has 0 aliphatic carbocycles. The number of nitrogens with zero attached hydrogens (tertiary/aromatic N) is 1. The van der Waals surface area contributed by atoms with E-state index in [4.69, 9.17) is 0 Å². The van der Waals surface area contributed by atoms with Gasteiger partial charge in [-0.1, -0.05) is 0 Å². The van der Waals surface area contributed by atoms with Gasteiger partial charge >= 0.3 is 0 Å². The van der Waals surface area contributed by atoms with Gasteiger partial charge in [-0.3, -0.25) is 0 Å². The second-order valence-corrected chi connectivity index (χ2v) is 7.68. The minimum absolute atomic E-state index is 0.123. The third kappa shape index (κ3) is 7.66. The Morgan fingerprint density at radius 3 is 1.94 bits per heavy atom. The van der Waals surface area contributed by atoms with Crippen molar-refractivity contribution in [3.05, 3.63) is 0 Å². The zero-order valence-electron chi connectivity index (χ0n) is 10.6. The zero-order chi connectivity index (χ0) is 13.7. The van der Waals surface area contributed by atoms with Crippen LogP contribution in [0.25, 0.3) is 0 Å². The molecule has 0 aromatic carbocycles. The minimum Gasteiger partial charge on any atom is -0.215 e. The number of hydrogen-bond donors (Lipinski definition) is 2. The van der Waals surface area contributed by atoms with Crippen molar-refractivity contribution < 1.29 is 16.8 Å². The van der Waals surface area contributed by atoms with Crippen LogP contribution in [0.15, 0.2) is 0 Å². The normalized spacial score (nSPS) is 13.5. The molecular weight excluding hydrogens is 266 g/mol. The summed E-state index contributed by atoms with van der Waals surface area (Å²) in [5.41, 5.74) is 0. The number of rotatable bonds is 8. The Kier molecular flexibility index (Phi) is 6.56. The Morgan fingerprint density at radius 1 is 1.06 bits per heavy atom. The van der Waals surface area contributed by atoms with Crippen LogP contribution in [0.5, 0.6) is 0 Å². The molecule has 0 aliphatic rings. The summed E-state index contributed by atoms with van der Waals surface area (Å²) in [5, 5.41) is 0. The molecule has 0 saturated carbocycles. The molecule has 104 valence electrons. The lowest BCUT2D eigenvalue weighted by Gasteiger charge is -2.21. The van der Waals surface area contributed by atoms with Crippen LogP contribution in [-0.2, 0) is 20.2 Å². The molecule has 0 bridgehead atoms. The van der Waals surface area contributed by atoms with E-state index < -0.39 is 20.2 Å². The Hall–Kier alpha value is -0.220. The van der Waals surface area contributed by atoms with Crippen LogP contribution in [0.1, 0.15) is 20.3 Å². The zero-order valence-corrected chi connectivity index (χ0v) is 12.2. The van der Waals surface area contributed by atoms with E-state index in [1.165, 1.54) is 11.4 Å². The lowest BCUT2D eigenvalue weighted by atomic mass is 10.4. The number of nitrogens with one attached hydrogen (secondary N) is 2. The van der Waals surface area contributed by atoms with E-state index in [0.717, 1.165) is 6.26 Å². The summed E-state index contributed by atoms with van der Waals surface area (Å²) in [5.74, 6) is 0. The molecule has 0 rings (SSSR count). The minimum atomic E-state index is -3.47. The Labute approximate surface area is 104 Å². The van der Waals surface area contributed by atoms with Gasteiger partial charge in [0.1, 0.15) is 0 Å². The van der Waals surface area contributed by atoms with Crippen molar-refractivity contribution in [1.29, 1.82) is 0 Å². The van der Waals surface area contributed by atoms with Gasteiger partial charge < -0.3 is 0 Å². The fourth-order valence-electron chi connectivity index (χ4n) is 0.926. The standard InChI is InChI=1S/C8H21N3O4S2/c1-8(2)11(3)17(14,15)10-7-5-6-9-16(4,12)13/h8-10H,5-7H2,1-4H3. The molecule has 0 aromatic rings. The molecule has 0 unspecified atom stereocenters. The Balaban J connectivity index is 3.98. The monoisotopic (exact) mass is 287 g/mol. The Bertz CT molecular complexity index is 416. The molecule has 0 aliphatic heterocycles. The Morgan fingerprint density at radius 2 is 1.53 bits per heavy atom. The molecule has 2 N–H and O–H groups in total. The van der Waals surface area contributed by atoms with E-state index in [-0.39, 0.29) is 19.1 Å².